The average molecular weight is 214 g/mol. The maximum atomic E-state index is 10.4. The van der Waals surface area contributed by atoms with E-state index in [4.69, 9.17) is 4.74 Å². The molecule has 0 bridgehead atoms. The molecule has 0 aliphatic carbocycles. The number of nitrogens with zero attached hydrogens (tertiary/aromatic N) is 1. The van der Waals surface area contributed by atoms with Gasteiger partial charge in [0.15, 0.2) is 0 Å². The highest BCUT2D eigenvalue weighted by Gasteiger charge is 2.44. The van der Waals surface area contributed by atoms with Crippen LogP contribution in [0.2, 0.25) is 0 Å². The van der Waals surface area contributed by atoms with Gasteiger partial charge in [-0.1, -0.05) is 0 Å². The summed E-state index contributed by atoms with van der Waals surface area (Å²) in [6.45, 7) is 8.39. The zero-order valence-corrected chi connectivity index (χ0v) is 10.2. The fraction of sp³-hybridized carbons (Fsp3) is 0.909. The summed E-state index contributed by atoms with van der Waals surface area (Å²) in [6, 6.07) is 0. The highest BCUT2D eigenvalue weighted by atomic mass is 16.7. The Hall–Kier alpha value is -0.770. The van der Waals surface area contributed by atoms with Gasteiger partial charge in [-0.3, -0.25) is 4.90 Å². The molecule has 0 N–H and O–H groups in total. The van der Waals surface area contributed by atoms with Gasteiger partial charge in [0.25, 0.3) is 0 Å². The number of carbonyl (C=O) groups excluding carboxylic acids is 1. The summed E-state index contributed by atoms with van der Waals surface area (Å²) in [7, 11) is 2.06. The predicted molar refractivity (Wildman–Crippen MR) is 56.1 cm³/mol. The summed E-state index contributed by atoms with van der Waals surface area (Å²) < 4.78 is 4.79. The Kier molecular flexibility index (Phi) is 3.01. The molecule has 0 aromatic carbocycles. The van der Waals surface area contributed by atoms with E-state index in [1.807, 2.05) is 0 Å². The molecule has 1 heterocycles. The smallest absolute Gasteiger partial charge is 0.428 e. The van der Waals surface area contributed by atoms with Gasteiger partial charge >= 0.3 is 6.16 Å². The maximum Gasteiger partial charge on any atom is 0.550 e. The van der Waals surface area contributed by atoms with Gasteiger partial charge in [0.2, 0.25) is 0 Å². The number of hydrogen-bond donors (Lipinski definition) is 0. The third-order valence-corrected chi connectivity index (χ3v) is 3.53. The number of likely N-dealkylation sites (tertiary alicyclic amines) is 1. The Bertz CT molecular complexity index is 243. The first-order valence-corrected chi connectivity index (χ1v) is 5.27. The molecule has 0 amide bonds. The fourth-order valence-corrected chi connectivity index (χ4v) is 2.50. The van der Waals surface area contributed by atoms with Crippen LogP contribution in [0.5, 0.6) is 0 Å². The van der Waals surface area contributed by atoms with Crippen molar-refractivity contribution in [2.45, 2.75) is 57.7 Å². The van der Waals surface area contributed by atoms with E-state index in [1.165, 1.54) is 0 Å². The van der Waals surface area contributed by atoms with E-state index >= 15 is 0 Å². The van der Waals surface area contributed by atoms with Gasteiger partial charge in [0.1, 0.15) is 6.10 Å². The van der Waals surface area contributed by atoms with Gasteiger partial charge in [-0.15, -0.1) is 0 Å². The third kappa shape index (κ3) is 2.62. The van der Waals surface area contributed by atoms with Crippen LogP contribution in [-0.4, -0.2) is 35.3 Å². The summed E-state index contributed by atoms with van der Waals surface area (Å²) >= 11 is 0. The lowest BCUT2D eigenvalue weighted by molar-refractivity contribution is -0.0802. The van der Waals surface area contributed by atoms with Gasteiger partial charge in [-0.2, -0.15) is 9.90 Å². The summed E-state index contributed by atoms with van der Waals surface area (Å²) in [6.07, 6.45) is -0.255. The standard InChI is InChI=1S/C11H20NO3/c1-10(2)6-8(15-9(13)14)7-11(3,4)12(10)5/h8H,6-7H2,1-5H3. The molecule has 1 rings (SSSR count). The van der Waals surface area contributed by atoms with Crippen LogP contribution in [0.25, 0.3) is 0 Å². The first-order valence-electron chi connectivity index (χ1n) is 5.27. The molecule has 1 radical (unpaired) electrons. The molecule has 0 aromatic rings. The van der Waals surface area contributed by atoms with Gasteiger partial charge in [0, 0.05) is 23.9 Å². The zero-order valence-electron chi connectivity index (χ0n) is 10.2. The Morgan fingerprint density at radius 3 is 1.93 bits per heavy atom. The van der Waals surface area contributed by atoms with Gasteiger partial charge in [-0.25, -0.2) is 0 Å². The lowest BCUT2D eigenvalue weighted by Gasteiger charge is -2.52. The molecule has 1 fully saturated rings. The van der Waals surface area contributed by atoms with E-state index in [0.29, 0.717) is 12.8 Å². The van der Waals surface area contributed by atoms with E-state index in [1.54, 1.807) is 0 Å². The molecule has 1 aliphatic heterocycles. The van der Waals surface area contributed by atoms with Crippen molar-refractivity contribution < 1.29 is 14.6 Å². The number of ether oxygens (including phenoxy) is 1. The van der Waals surface area contributed by atoms with Crippen LogP contribution in [0.4, 0.5) is 4.79 Å². The molecule has 0 spiro atoms. The lowest BCUT2D eigenvalue weighted by atomic mass is 9.79. The van der Waals surface area contributed by atoms with E-state index in [2.05, 4.69) is 39.6 Å². The first-order chi connectivity index (χ1) is 6.65. The van der Waals surface area contributed by atoms with E-state index in [-0.39, 0.29) is 17.2 Å². The second-order valence-electron chi connectivity index (χ2n) is 5.58. The molecule has 1 aliphatic rings. The normalized spacial score (nSPS) is 26.2. The van der Waals surface area contributed by atoms with Crippen molar-refractivity contribution in [2.24, 2.45) is 0 Å². The Balaban J connectivity index is 2.79. The second-order valence-corrected chi connectivity index (χ2v) is 5.58. The van der Waals surface area contributed by atoms with E-state index in [9.17, 15) is 9.90 Å². The maximum absolute atomic E-state index is 10.4. The topological polar surface area (TPSA) is 49.4 Å². The molecular formula is C11H20NO3. The van der Waals surface area contributed by atoms with Crippen LogP contribution in [0.15, 0.2) is 0 Å². The van der Waals surface area contributed by atoms with E-state index < -0.39 is 6.16 Å². The van der Waals surface area contributed by atoms with Crippen molar-refractivity contribution in [1.82, 2.24) is 4.90 Å². The van der Waals surface area contributed by atoms with Crippen molar-refractivity contribution in [3.8, 4) is 0 Å². The number of piperidine rings is 1. The minimum absolute atomic E-state index is 0.0537. The van der Waals surface area contributed by atoms with Gasteiger partial charge < -0.3 is 4.74 Å². The molecular weight excluding hydrogens is 194 g/mol. The number of hydrogen-bond acceptors (Lipinski definition) is 3. The Morgan fingerprint density at radius 1 is 1.20 bits per heavy atom. The second kappa shape index (κ2) is 3.67. The molecule has 1 saturated heterocycles. The molecule has 4 heteroatoms. The first kappa shape index (κ1) is 12.3. The van der Waals surface area contributed by atoms with Crippen molar-refractivity contribution in [3.63, 3.8) is 0 Å². The van der Waals surface area contributed by atoms with Crippen molar-refractivity contribution in [1.29, 1.82) is 0 Å². The summed E-state index contributed by atoms with van der Waals surface area (Å²) in [5, 5.41) is 10.4. The Morgan fingerprint density at radius 2 is 1.60 bits per heavy atom. The van der Waals surface area contributed by atoms with Gasteiger partial charge in [0.05, 0.1) is 0 Å². The van der Waals surface area contributed by atoms with Crippen LogP contribution in [0, 0.1) is 0 Å². The van der Waals surface area contributed by atoms with Crippen LogP contribution >= 0.6 is 0 Å². The quantitative estimate of drug-likeness (QED) is 0.629. The van der Waals surface area contributed by atoms with E-state index in [0.717, 1.165) is 0 Å². The Labute approximate surface area is 91.2 Å². The van der Waals surface area contributed by atoms with Crippen LogP contribution in [0.3, 0.4) is 0 Å². The molecule has 4 nitrogen and oxygen atoms in total. The summed E-state index contributed by atoms with van der Waals surface area (Å²) in [4.78, 5) is 12.7. The van der Waals surface area contributed by atoms with Crippen molar-refractivity contribution >= 4 is 6.16 Å². The van der Waals surface area contributed by atoms with Gasteiger partial charge in [-0.05, 0) is 34.7 Å². The SMILES string of the molecule is CN1C(C)(C)CC(OC([O])=O)CC1(C)C. The summed E-state index contributed by atoms with van der Waals surface area (Å²) in [5.74, 6) is 0. The molecule has 0 saturated carbocycles. The molecule has 87 valence electrons. The largest absolute Gasteiger partial charge is 0.550 e. The van der Waals surface area contributed by atoms with Crippen LogP contribution < -0.4 is 0 Å². The van der Waals surface area contributed by atoms with Crippen LogP contribution in [0.1, 0.15) is 40.5 Å². The van der Waals surface area contributed by atoms with Crippen molar-refractivity contribution in [3.05, 3.63) is 0 Å². The fourth-order valence-electron chi connectivity index (χ4n) is 2.50. The number of rotatable bonds is 1. The van der Waals surface area contributed by atoms with Crippen molar-refractivity contribution in [2.75, 3.05) is 7.05 Å². The molecule has 0 atom stereocenters. The number of carbonyl (C=O) groups is 1. The predicted octanol–water partition coefficient (Wildman–Crippen LogP) is 2.20. The third-order valence-electron chi connectivity index (χ3n) is 3.53. The van der Waals surface area contributed by atoms with Crippen LogP contribution in [-0.2, 0) is 9.84 Å². The highest BCUT2D eigenvalue weighted by Crippen LogP contribution is 2.37. The highest BCUT2D eigenvalue weighted by molar-refractivity contribution is 5.56. The molecule has 0 aromatic heterocycles. The molecule has 15 heavy (non-hydrogen) atoms. The minimum atomic E-state index is -1.42. The average Bonchev–Trinajstić information content (AvgIpc) is 1.97. The summed E-state index contributed by atoms with van der Waals surface area (Å²) in [5.41, 5.74) is -0.107. The lowest BCUT2D eigenvalue weighted by Crippen LogP contribution is -2.60. The monoisotopic (exact) mass is 214 g/mol. The minimum Gasteiger partial charge on any atom is -0.428 e. The molecule has 0 unspecified atom stereocenters. The zero-order chi connectivity index (χ0) is 11.9.